The Bertz CT molecular complexity index is 3120. The minimum atomic E-state index is -0.457. The van der Waals surface area contributed by atoms with Crippen LogP contribution in [0.3, 0.4) is 0 Å². The van der Waals surface area contributed by atoms with Crippen LogP contribution in [0.4, 0.5) is 0 Å². The highest BCUT2D eigenvalue weighted by Gasteiger charge is 2.50. The largest absolute Gasteiger partial charge is 0.309 e. The summed E-state index contributed by atoms with van der Waals surface area (Å²) in [4.78, 5) is 13.1. The van der Waals surface area contributed by atoms with Crippen molar-refractivity contribution in [2.75, 3.05) is 0 Å². The van der Waals surface area contributed by atoms with Gasteiger partial charge in [-0.1, -0.05) is 176 Å². The first-order chi connectivity index (χ1) is 28.3. The molecule has 3 nitrogen and oxygen atoms in total. The SMILES string of the molecule is c1ccc(-c2nc(-c3ccc(-n4c5ccccc5c5ccccc54)cc3)cc(-c3cccc4c3Sc3ccccc3C43c4ccccc4-c4ccccc43)n2)cc1. The summed E-state index contributed by atoms with van der Waals surface area (Å²) in [5.41, 5.74) is 15.8. The molecule has 12 rings (SSSR count). The van der Waals surface area contributed by atoms with Gasteiger partial charge in [-0.3, -0.25) is 0 Å². The quantitative estimate of drug-likeness (QED) is 0.180. The Morgan fingerprint density at radius 3 is 1.65 bits per heavy atom. The lowest BCUT2D eigenvalue weighted by atomic mass is 9.67. The van der Waals surface area contributed by atoms with Gasteiger partial charge in [0.15, 0.2) is 5.82 Å². The van der Waals surface area contributed by atoms with Crippen molar-refractivity contribution in [1.82, 2.24) is 14.5 Å². The van der Waals surface area contributed by atoms with Gasteiger partial charge in [0.05, 0.1) is 27.8 Å². The lowest BCUT2D eigenvalue weighted by molar-refractivity contribution is 0.723. The maximum atomic E-state index is 5.37. The molecule has 57 heavy (non-hydrogen) atoms. The molecule has 8 aromatic carbocycles. The highest BCUT2D eigenvalue weighted by Crippen LogP contribution is 2.63. The minimum Gasteiger partial charge on any atom is -0.309 e. The maximum Gasteiger partial charge on any atom is 0.160 e. The molecule has 0 amide bonds. The van der Waals surface area contributed by atoms with E-state index >= 15 is 0 Å². The zero-order valence-corrected chi connectivity index (χ0v) is 31.6. The summed E-state index contributed by atoms with van der Waals surface area (Å²) in [6.07, 6.45) is 0. The second-order valence-electron chi connectivity index (χ2n) is 14.9. The first-order valence-corrected chi connectivity index (χ1v) is 20.2. The fourth-order valence-electron chi connectivity index (χ4n) is 9.51. The Morgan fingerprint density at radius 1 is 0.404 bits per heavy atom. The Kier molecular flexibility index (Phi) is 7.08. The second kappa shape index (κ2) is 12.5. The lowest BCUT2D eigenvalue weighted by Gasteiger charge is -2.40. The fraction of sp³-hybridized carbons (Fsp3) is 0.0189. The average molecular weight is 744 g/mol. The van der Waals surface area contributed by atoms with E-state index in [9.17, 15) is 0 Å². The van der Waals surface area contributed by atoms with Gasteiger partial charge in [0.1, 0.15) is 0 Å². The predicted molar refractivity (Wildman–Crippen MR) is 234 cm³/mol. The minimum absolute atomic E-state index is 0.457. The zero-order chi connectivity index (χ0) is 37.5. The number of hydrogen-bond acceptors (Lipinski definition) is 3. The molecule has 1 aliphatic carbocycles. The number of para-hydroxylation sites is 2. The molecule has 266 valence electrons. The van der Waals surface area contributed by atoms with Crippen LogP contribution in [0.2, 0.25) is 0 Å². The summed E-state index contributed by atoms with van der Waals surface area (Å²) >= 11 is 1.86. The van der Waals surface area contributed by atoms with Gasteiger partial charge in [-0.25, -0.2) is 9.97 Å². The number of nitrogens with zero attached hydrogens (tertiary/aromatic N) is 3. The number of fused-ring (bicyclic) bond motifs is 12. The molecule has 1 aliphatic heterocycles. The smallest absolute Gasteiger partial charge is 0.160 e. The van der Waals surface area contributed by atoms with Crippen LogP contribution in [0.25, 0.3) is 72.5 Å². The van der Waals surface area contributed by atoms with E-state index in [1.807, 2.05) is 17.8 Å². The second-order valence-corrected chi connectivity index (χ2v) is 15.9. The number of rotatable bonds is 4. The van der Waals surface area contributed by atoms with E-state index < -0.39 is 5.41 Å². The monoisotopic (exact) mass is 743 g/mol. The third-order valence-electron chi connectivity index (χ3n) is 11.9. The fourth-order valence-corrected chi connectivity index (χ4v) is 10.8. The van der Waals surface area contributed by atoms with Crippen molar-refractivity contribution in [1.29, 1.82) is 0 Å². The van der Waals surface area contributed by atoms with Crippen LogP contribution >= 0.6 is 11.8 Å². The average Bonchev–Trinajstić information content (AvgIpc) is 3.78. The summed E-state index contributed by atoms with van der Waals surface area (Å²) in [6, 6.07) is 72.4. The molecule has 0 N–H and O–H groups in total. The normalized spacial score (nSPS) is 13.3. The topological polar surface area (TPSA) is 30.7 Å². The molecule has 0 unspecified atom stereocenters. The Hall–Kier alpha value is -7.01. The van der Waals surface area contributed by atoms with Gasteiger partial charge in [0, 0.05) is 42.9 Å². The predicted octanol–water partition coefficient (Wildman–Crippen LogP) is 13.4. The van der Waals surface area contributed by atoms with Crippen LogP contribution in [0.15, 0.2) is 210 Å². The van der Waals surface area contributed by atoms with Gasteiger partial charge in [-0.05, 0) is 69.8 Å². The van der Waals surface area contributed by atoms with Crippen molar-refractivity contribution in [3.05, 3.63) is 222 Å². The number of aromatic nitrogens is 3. The first kappa shape index (κ1) is 32.3. The van der Waals surface area contributed by atoms with Crippen molar-refractivity contribution < 1.29 is 0 Å². The van der Waals surface area contributed by atoms with Crippen LogP contribution in [0.1, 0.15) is 22.3 Å². The summed E-state index contributed by atoms with van der Waals surface area (Å²) in [6.45, 7) is 0. The van der Waals surface area contributed by atoms with Crippen molar-refractivity contribution in [3.63, 3.8) is 0 Å². The Morgan fingerprint density at radius 2 is 0.947 bits per heavy atom. The standard InChI is InChI=1S/C53H33N3S/c1-2-15-35(16-3-1)52-54-46(34-29-31-36(32-30-34)56-48-26-11-6-19-39(48)40-20-7-12-27-49(40)56)33-47(55-52)41-21-14-25-45-51(41)57-50-28-13-10-24-44(50)53(45)42-22-8-4-17-37(42)38-18-5-9-23-43(38)53/h1-33H. The van der Waals surface area contributed by atoms with Crippen molar-refractivity contribution in [3.8, 4) is 50.7 Å². The molecule has 4 heteroatoms. The molecule has 0 saturated heterocycles. The highest BCUT2D eigenvalue weighted by molar-refractivity contribution is 7.99. The molecule has 2 aliphatic rings. The van der Waals surface area contributed by atoms with Crippen LogP contribution in [-0.4, -0.2) is 14.5 Å². The van der Waals surface area contributed by atoms with Crippen LogP contribution in [0.5, 0.6) is 0 Å². The molecular weight excluding hydrogens is 711 g/mol. The molecule has 2 aromatic heterocycles. The van der Waals surface area contributed by atoms with E-state index in [-0.39, 0.29) is 0 Å². The van der Waals surface area contributed by atoms with E-state index in [1.54, 1.807) is 0 Å². The summed E-state index contributed by atoms with van der Waals surface area (Å²) in [7, 11) is 0. The van der Waals surface area contributed by atoms with Crippen LogP contribution in [0, 0.1) is 0 Å². The summed E-state index contributed by atoms with van der Waals surface area (Å²) in [5.74, 6) is 0.708. The van der Waals surface area contributed by atoms with Gasteiger partial charge < -0.3 is 4.57 Å². The number of hydrogen-bond donors (Lipinski definition) is 0. The Balaban J connectivity index is 1.06. The van der Waals surface area contributed by atoms with Gasteiger partial charge in [0.25, 0.3) is 0 Å². The molecule has 3 heterocycles. The molecule has 10 aromatic rings. The van der Waals surface area contributed by atoms with Gasteiger partial charge >= 0.3 is 0 Å². The van der Waals surface area contributed by atoms with E-state index in [0.717, 1.165) is 33.8 Å². The molecule has 0 atom stereocenters. The van der Waals surface area contributed by atoms with Crippen molar-refractivity contribution in [2.24, 2.45) is 0 Å². The van der Waals surface area contributed by atoms with Crippen molar-refractivity contribution in [2.45, 2.75) is 15.2 Å². The molecule has 0 bridgehead atoms. The van der Waals surface area contributed by atoms with Crippen LogP contribution in [-0.2, 0) is 5.41 Å². The molecular formula is C53H33N3S. The zero-order valence-electron chi connectivity index (χ0n) is 30.8. The van der Waals surface area contributed by atoms with E-state index in [4.69, 9.17) is 9.97 Å². The van der Waals surface area contributed by atoms with E-state index in [0.29, 0.717) is 5.82 Å². The summed E-state index contributed by atoms with van der Waals surface area (Å²) in [5, 5.41) is 2.51. The molecule has 0 fully saturated rings. The van der Waals surface area contributed by atoms with E-state index in [2.05, 4.69) is 199 Å². The maximum absolute atomic E-state index is 5.37. The van der Waals surface area contributed by atoms with Gasteiger partial charge in [-0.2, -0.15) is 0 Å². The summed E-state index contributed by atoms with van der Waals surface area (Å²) < 4.78 is 2.36. The lowest BCUT2D eigenvalue weighted by Crippen LogP contribution is -2.32. The molecule has 1 spiro atoms. The third-order valence-corrected chi connectivity index (χ3v) is 13.1. The van der Waals surface area contributed by atoms with Crippen molar-refractivity contribution >= 4 is 33.6 Å². The third kappa shape index (κ3) is 4.68. The number of benzene rings is 8. The van der Waals surface area contributed by atoms with E-state index in [1.165, 1.54) is 65.0 Å². The Labute approximate surface area is 335 Å². The van der Waals surface area contributed by atoms with Gasteiger partial charge in [0.2, 0.25) is 0 Å². The van der Waals surface area contributed by atoms with Gasteiger partial charge in [-0.15, -0.1) is 0 Å². The molecule has 0 radical (unpaired) electrons. The van der Waals surface area contributed by atoms with Crippen LogP contribution < -0.4 is 0 Å². The first-order valence-electron chi connectivity index (χ1n) is 19.4. The highest BCUT2D eigenvalue weighted by atomic mass is 32.2. The molecule has 0 saturated carbocycles.